The van der Waals surface area contributed by atoms with Crippen LogP contribution in [0.15, 0.2) is 18.2 Å². The molecule has 18 heavy (non-hydrogen) atoms. The van der Waals surface area contributed by atoms with Crippen molar-refractivity contribution >= 4 is 23.2 Å². The summed E-state index contributed by atoms with van der Waals surface area (Å²) >= 11 is 0. The van der Waals surface area contributed by atoms with Gasteiger partial charge in [0.2, 0.25) is 5.91 Å². The SMILES string of the molecule is CCC(N)C(=O)Nc1ccc2c(c1)NC(=O)CO2. The molecule has 0 aromatic heterocycles. The van der Waals surface area contributed by atoms with Crippen molar-refractivity contribution in [3.8, 4) is 5.75 Å². The van der Waals surface area contributed by atoms with E-state index in [1.165, 1.54) is 0 Å². The number of rotatable bonds is 3. The Labute approximate surface area is 104 Å². The fourth-order valence-corrected chi connectivity index (χ4v) is 1.58. The number of ether oxygens (including phenoxy) is 1. The van der Waals surface area contributed by atoms with Gasteiger partial charge in [-0.05, 0) is 24.6 Å². The van der Waals surface area contributed by atoms with E-state index < -0.39 is 6.04 Å². The molecule has 6 nitrogen and oxygen atoms in total. The first-order valence-electron chi connectivity index (χ1n) is 5.73. The van der Waals surface area contributed by atoms with Crippen molar-refractivity contribution in [1.82, 2.24) is 0 Å². The Balaban J connectivity index is 2.13. The third-order valence-corrected chi connectivity index (χ3v) is 2.66. The fourth-order valence-electron chi connectivity index (χ4n) is 1.58. The van der Waals surface area contributed by atoms with Crippen LogP contribution >= 0.6 is 0 Å². The number of carbonyl (C=O) groups is 2. The first-order chi connectivity index (χ1) is 8.60. The second kappa shape index (κ2) is 5.05. The molecular weight excluding hydrogens is 234 g/mol. The van der Waals surface area contributed by atoms with Crippen molar-refractivity contribution in [3.05, 3.63) is 18.2 Å². The van der Waals surface area contributed by atoms with Crippen LogP contribution in [-0.2, 0) is 9.59 Å². The van der Waals surface area contributed by atoms with E-state index in [9.17, 15) is 9.59 Å². The maximum absolute atomic E-state index is 11.6. The van der Waals surface area contributed by atoms with Crippen molar-refractivity contribution in [3.63, 3.8) is 0 Å². The number of amides is 2. The van der Waals surface area contributed by atoms with Crippen molar-refractivity contribution in [1.29, 1.82) is 0 Å². The molecule has 1 atom stereocenters. The minimum Gasteiger partial charge on any atom is -0.482 e. The number of hydrogen-bond donors (Lipinski definition) is 3. The summed E-state index contributed by atoms with van der Waals surface area (Å²) in [5, 5.41) is 5.36. The van der Waals surface area contributed by atoms with Gasteiger partial charge in [-0.2, -0.15) is 0 Å². The van der Waals surface area contributed by atoms with Crippen LogP contribution in [-0.4, -0.2) is 24.5 Å². The zero-order valence-corrected chi connectivity index (χ0v) is 10.0. The Morgan fingerprint density at radius 3 is 3.11 bits per heavy atom. The second-order valence-electron chi connectivity index (χ2n) is 4.05. The van der Waals surface area contributed by atoms with Crippen LogP contribution in [0, 0.1) is 0 Å². The molecule has 0 radical (unpaired) electrons. The van der Waals surface area contributed by atoms with Gasteiger partial charge < -0.3 is 21.1 Å². The van der Waals surface area contributed by atoms with Gasteiger partial charge in [0.15, 0.2) is 6.61 Å². The average Bonchev–Trinajstić information content (AvgIpc) is 2.37. The molecule has 96 valence electrons. The summed E-state index contributed by atoms with van der Waals surface area (Å²) in [6.07, 6.45) is 0.566. The van der Waals surface area contributed by atoms with Crippen LogP contribution in [0.5, 0.6) is 5.75 Å². The van der Waals surface area contributed by atoms with Gasteiger partial charge in [0.1, 0.15) is 5.75 Å². The van der Waals surface area contributed by atoms with Gasteiger partial charge in [0.25, 0.3) is 5.91 Å². The molecular formula is C12H15N3O3. The molecule has 6 heteroatoms. The lowest BCUT2D eigenvalue weighted by atomic mass is 10.2. The highest BCUT2D eigenvalue weighted by Gasteiger charge is 2.17. The molecule has 2 rings (SSSR count). The summed E-state index contributed by atoms with van der Waals surface area (Å²) in [7, 11) is 0. The Morgan fingerprint density at radius 2 is 2.39 bits per heavy atom. The molecule has 1 aliphatic heterocycles. The van der Waals surface area contributed by atoms with Gasteiger partial charge >= 0.3 is 0 Å². The molecule has 1 aromatic carbocycles. The highest BCUT2D eigenvalue weighted by molar-refractivity contribution is 5.98. The van der Waals surface area contributed by atoms with Crippen LogP contribution in [0.3, 0.4) is 0 Å². The summed E-state index contributed by atoms with van der Waals surface area (Å²) in [4.78, 5) is 22.8. The summed E-state index contributed by atoms with van der Waals surface area (Å²) in [5.74, 6) is 0.129. The quantitative estimate of drug-likeness (QED) is 0.734. The van der Waals surface area contributed by atoms with Gasteiger partial charge in [-0.3, -0.25) is 9.59 Å². The molecule has 0 aliphatic carbocycles. The van der Waals surface area contributed by atoms with Crippen molar-refractivity contribution < 1.29 is 14.3 Å². The minimum atomic E-state index is -0.535. The topological polar surface area (TPSA) is 93.5 Å². The van der Waals surface area contributed by atoms with E-state index in [-0.39, 0.29) is 18.4 Å². The maximum Gasteiger partial charge on any atom is 0.262 e. The van der Waals surface area contributed by atoms with Crippen molar-refractivity contribution in [2.75, 3.05) is 17.2 Å². The zero-order valence-electron chi connectivity index (χ0n) is 10.0. The van der Waals surface area contributed by atoms with Crippen LogP contribution < -0.4 is 21.1 Å². The molecule has 0 bridgehead atoms. The van der Waals surface area contributed by atoms with E-state index in [1.54, 1.807) is 18.2 Å². The van der Waals surface area contributed by atoms with Crippen molar-refractivity contribution in [2.45, 2.75) is 19.4 Å². The highest BCUT2D eigenvalue weighted by Crippen LogP contribution is 2.30. The summed E-state index contributed by atoms with van der Waals surface area (Å²) in [5.41, 5.74) is 6.75. The number of anilines is 2. The summed E-state index contributed by atoms with van der Waals surface area (Å²) < 4.78 is 5.21. The predicted octanol–water partition coefficient (Wildman–Crippen LogP) is 0.693. The fraction of sp³-hybridized carbons (Fsp3) is 0.333. The molecule has 0 saturated heterocycles. The molecule has 1 heterocycles. The maximum atomic E-state index is 11.6. The van der Waals surface area contributed by atoms with E-state index in [4.69, 9.17) is 10.5 Å². The minimum absolute atomic E-state index is 0.0133. The Kier molecular flexibility index (Phi) is 3.47. The molecule has 1 unspecified atom stereocenters. The number of carbonyl (C=O) groups excluding carboxylic acids is 2. The van der Waals surface area contributed by atoms with Crippen LogP contribution in [0.4, 0.5) is 11.4 Å². The molecule has 2 amide bonds. The third-order valence-electron chi connectivity index (χ3n) is 2.66. The van der Waals surface area contributed by atoms with E-state index in [0.29, 0.717) is 23.5 Å². The molecule has 4 N–H and O–H groups in total. The lowest BCUT2D eigenvalue weighted by molar-refractivity contribution is -0.118. The predicted molar refractivity (Wildman–Crippen MR) is 67.5 cm³/mol. The zero-order chi connectivity index (χ0) is 13.1. The first-order valence-corrected chi connectivity index (χ1v) is 5.73. The molecule has 1 aliphatic rings. The summed E-state index contributed by atoms with van der Waals surface area (Å²) in [6, 6.07) is 4.51. The average molecular weight is 249 g/mol. The van der Waals surface area contributed by atoms with Gasteiger partial charge in [0, 0.05) is 5.69 Å². The molecule has 0 spiro atoms. The normalized spacial score (nSPS) is 15.1. The Bertz CT molecular complexity index is 487. The van der Waals surface area contributed by atoms with E-state index in [1.807, 2.05) is 6.92 Å². The van der Waals surface area contributed by atoms with E-state index in [2.05, 4.69) is 10.6 Å². The van der Waals surface area contributed by atoms with Crippen LogP contribution in [0.2, 0.25) is 0 Å². The first kappa shape index (κ1) is 12.4. The lowest BCUT2D eigenvalue weighted by Gasteiger charge is -2.19. The Morgan fingerprint density at radius 1 is 1.61 bits per heavy atom. The monoisotopic (exact) mass is 249 g/mol. The number of nitrogens with two attached hydrogens (primary N) is 1. The number of fused-ring (bicyclic) bond motifs is 1. The summed E-state index contributed by atoms with van der Waals surface area (Å²) in [6.45, 7) is 1.85. The van der Waals surface area contributed by atoms with E-state index in [0.717, 1.165) is 0 Å². The second-order valence-corrected chi connectivity index (χ2v) is 4.05. The third kappa shape index (κ3) is 2.60. The van der Waals surface area contributed by atoms with Crippen molar-refractivity contribution in [2.24, 2.45) is 5.73 Å². The highest BCUT2D eigenvalue weighted by atomic mass is 16.5. The largest absolute Gasteiger partial charge is 0.482 e. The van der Waals surface area contributed by atoms with Gasteiger partial charge in [-0.15, -0.1) is 0 Å². The lowest BCUT2D eigenvalue weighted by Crippen LogP contribution is -2.34. The van der Waals surface area contributed by atoms with Gasteiger partial charge in [-0.1, -0.05) is 6.92 Å². The number of hydrogen-bond acceptors (Lipinski definition) is 4. The standard InChI is InChI=1S/C12H15N3O3/c1-2-8(13)12(17)14-7-3-4-10-9(5-7)15-11(16)6-18-10/h3-5,8H,2,6,13H2,1H3,(H,14,17)(H,15,16). The molecule has 0 saturated carbocycles. The molecule has 0 fully saturated rings. The number of nitrogens with one attached hydrogen (secondary N) is 2. The smallest absolute Gasteiger partial charge is 0.262 e. The Hall–Kier alpha value is -2.08. The molecule has 1 aromatic rings. The van der Waals surface area contributed by atoms with Gasteiger partial charge in [-0.25, -0.2) is 0 Å². The van der Waals surface area contributed by atoms with Crippen LogP contribution in [0.25, 0.3) is 0 Å². The number of benzene rings is 1. The van der Waals surface area contributed by atoms with E-state index >= 15 is 0 Å². The van der Waals surface area contributed by atoms with Gasteiger partial charge in [0.05, 0.1) is 11.7 Å². The van der Waals surface area contributed by atoms with Crippen LogP contribution in [0.1, 0.15) is 13.3 Å².